The third kappa shape index (κ3) is 6.03. The molecule has 1 N–H and O–H groups in total. The van der Waals surface area contributed by atoms with Crippen LogP contribution in [-0.4, -0.2) is 25.2 Å². The average Bonchev–Trinajstić information content (AvgIpc) is 3.34. The van der Waals surface area contributed by atoms with Crippen molar-refractivity contribution < 1.29 is 13.9 Å². The molecule has 0 bridgehead atoms. The maximum Gasteiger partial charge on any atom is 0.271 e. The molecular formula is C25H22Cl2FN3O2. The fourth-order valence-corrected chi connectivity index (χ4v) is 4.22. The number of benzene rings is 3. The highest BCUT2D eigenvalue weighted by Crippen LogP contribution is 2.34. The first kappa shape index (κ1) is 23.1. The summed E-state index contributed by atoms with van der Waals surface area (Å²) >= 11 is 12.6. The molecule has 1 fully saturated rings. The van der Waals surface area contributed by atoms with E-state index in [0.717, 1.165) is 18.8 Å². The van der Waals surface area contributed by atoms with Crippen molar-refractivity contribution in [2.24, 2.45) is 5.10 Å². The Morgan fingerprint density at radius 2 is 1.76 bits per heavy atom. The molecule has 3 aromatic carbocycles. The fraction of sp³-hybridized carbons (Fsp3) is 0.200. The SMILES string of the molecule is O=C(N/N=C\c1cc(Cl)c(OCc2cccc(F)c2)c(Cl)c1)c1ccc(N2CCCC2)cc1. The second-order valence-corrected chi connectivity index (χ2v) is 8.49. The lowest BCUT2D eigenvalue weighted by Crippen LogP contribution is -2.19. The van der Waals surface area contributed by atoms with Crippen molar-refractivity contribution in [1.29, 1.82) is 0 Å². The van der Waals surface area contributed by atoms with Crippen molar-refractivity contribution >= 4 is 41.0 Å². The van der Waals surface area contributed by atoms with Gasteiger partial charge in [0.15, 0.2) is 5.75 Å². The van der Waals surface area contributed by atoms with E-state index >= 15 is 0 Å². The molecule has 3 aromatic rings. The van der Waals surface area contributed by atoms with Crippen LogP contribution in [-0.2, 0) is 6.61 Å². The van der Waals surface area contributed by atoms with E-state index in [0.29, 0.717) is 22.4 Å². The summed E-state index contributed by atoms with van der Waals surface area (Å²) in [6.45, 7) is 2.22. The van der Waals surface area contributed by atoms with Gasteiger partial charge in [0.25, 0.3) is 5.91 Å². The minimum Gasteiger partial charge on any atom is -0.486 e. The fourth-order valence-electron chi connectivity index (χ4n) is 3.60. The molecule has 1 heterocycles. The van der Waals surface area contributed by atoms with Crippen LogP contribution >= 0.6 is 23.2 Å². The number of rotatable bonds is 7. The second kappa shape index (κ2) is 10.7. The standard InChI is InChI=1S/C25H22Cl2FN3O2/c26-22-13-18(14-23(27)24(22)33-16-17-4-3-5-20(28)12-17)15-29-30-25(32)19-6-8-21(9-7-19)31-10-1-2-11-31/h3-9,12-15H,1-2,10-11,16H2,(H,30,32)/b29-15-. The van der Waals surface area contributed by atoms with Gasteiger partial charge in [-0.2, -0.15) is 5.10 Å². The quantitative estimate of drug-likeness (QED) is 0.326. The van der Waals surface area contributed by atoms with E-state index in [1.54, 1.807) is 36.4 Å². The number of hydrogen-bond acceptors (Lipinski definition) is 4. The molecule has 0 aliphatic carbocycles. The molecule has 0 aromatic heterocycles. The van der Waals surface area contributed by atoms with Crippen LogP contribution in [0.1, 0.15) is 34.3 Å². The molecular weight excluding hydrogens is 464 g/mol. The molecule has 0 spiro atoms. The molecule has 0 unspecified atom stereocenters. The van der Waals surface area contributed by atoms with Crippen LogP contribution in [0.3, 0.4) is 0 Å². The van der Waals surface area contributed by atoms with E-state index in [4.69, 9.17) is 27.9 Å². The lowest BCUT2D eigenvalue weighted by Gasteiger charge is -2.17. The third-order valence-electron chi connectivity index (χ3n) is 5.27. The maximum atomic E-state index is 13.3. The summed E-state index contributed by atoms with van der Waals surface area (Å²) in [5, 5.41) is 4.56. The summed E-state index contributed by atoms with van der Waals surface area (Å²) in [7, 11) is 0. The van der Waals surface area contributed by atoms with Crippen LogP contribution in [0.25, 0.3) is 0 Å². The average molecular weight is 486 g/mol. The maximum absolute atomic E-state index is 13.3. The number of hydrogen-bond donors (Lipinski definition) is 1. The molecule has 1 saturated heterocycles. The Kier molecular flexibility index (Phi) is 7.47. The van der Waals surface area contributed by atoms with Gasteiger partial charge in [0, 0.05) is 24.3 Å². The van der Waals surface area contributed by atoms with Gasteiger partial charge in [0.2, 0.25) is 0 Å². The zero-order valence-electron chi connectivity index (χ0n) is 17.7. The molecule has 5 nitrogen and oxygen atoms in total. The molecule has 0 radical (unpaired) electrons. The minimum absolute atomic E-state index is 0.122. The van der Waals surface area contributed by atoms with E-state index in [1.165, 1.54) is 31.2 Å². The Hall–Kier alpha value is -3.09. The van der Waals surface area contributed by atoms with Crippen LogP contribution in [0.4, 0.5) is 10.1 Å². The van der Waals surface area contributed by atoms with Gasteiger partial charge in [0.05, 0.1) is 16.3 Å². The Morgan fingerprint density at radius 3 is 2.42 bits per heavy atom. The molecule has 8 heteroatoms. The molecule has 1 amide bonds. The zero-order valence-corrected chi connectivity index (χ0v) is 19.2. The summed E-state index contributed by atoms with van der Waals surface area (Å²) in [4.78, 5) is 14.7. The summed E-state index contributed by atoms with van der Waals surface area (Å²) < 4.78 is 19.0. The second-order valence-electron chi connectivity index (χ2n) is 7.67. The van der Waals surface area contributed by atoms with Crippen LogP contribution in [0.5, 0.6) is 5.75 Å². The van der Waals surface area contributed by atoms with Crippen molar-refractivity contribution in [1.82, 2.24) is 5.43 Å². The number of amides is 1. The van der Waals surface area contributed by atoms with E-state index in [9.17, 15) is 9.18 Å². The Morgan fingerprint density at radius 1 is 1.06 bits per heavy atom. The number of anilines is 1. The van der Waals surface area contributed by atoms with Crippen LogP contribution < -0.4 is 15.1 Å². The van der Waals surface area contributed by atoms with Crippen LogP contribution in [0.2, 0.25) is 10.0 Å². The van der Waals surface area contributed by atoms with Crippen molar-refractivity contribution in [2.75, 3.05) is 18.0 Å². The molecule has 0 atom stereocenters. The lowest BCUT2D eigenvalue weighted by atomic mass is 10.2. The number of nitrogens with zero attached hydrogens (tertiary/aromatic N) is 2. The summed E-state index contributed by atoms with van der Waals surface area (Å²) in [6, 6.07) is 16.8. The highest BCUT2D eigenvalue weighted by molar-refractivity contribution is 6.37. The van der Waals surface area contributed by atoms with E-state index < -0.39 is 0 Å². The first-order chi connectivity index (χ1) is 16.0. The molecule has 0 saturated carbocycles. The molecule has 33 heavy (non-hydrogen) atoms. The third-order valence-corrected chi connectivity index (χ3v) is 5.83. The highest BCUT2D eigenvalue weighted by atomic mass is 35.5. The van der Waals surface area contributed by atoms with Gasteiger partial charge in [-0.3, -0.25) is 4.79 Å². The van der Waals surface area contributed by atoms with Gasteiger partial charge in [-0.25, -0.2) is 9.82 Å². The van der Waals surface area contributed by atoms with E-state index in [2.05, 4.69) is 15.4 Å². The number of carbonyl (C=O) groups excluding carboxylic acids is 1. The normalized spacial score (nSPS) is 13.5. The number of carbonyl (C=O) groups is 1. The molecule has 1 aliphatic heterocycles. The molecule has 1 aliphatic rings. The number of ether oxygens (including phenoxy) is 1. The van der Waals surface area contributed by atoms with Gasteiger partial charge in [-0.05, 0) is 72.5 Å². The summed E-state index contributed by atoms with van der Waals surface area (Å²) in [5.74, 6) is -0.363. The smallest absolute Gasteiger partial charge is 0.271 e. The number of hydrazone groups is 1. The van der Waals surface area contributed by atoms with Gasteiger partial charge < -0.3 is 9.64 Å². The van der Waals surface area contributed by atoms with Gasteiger partial charge in [-0.15, -0.1) is 0 Å². The molecule has 170 valence electrons. The Balaban J connectivity index is 1.35. The summed E-state index contributed by atoms with van der Waals surface area (Å²) in [6.07, 6.45) is 3.85. The van der Waals surface area contributed by atoms with Crippen LogP contribution in [0, 0.1) is 5.82 Å². The minimum atomic E-state index is -0.343. The van der Waals surface area contributed by atoms with Crippen LogP contribution in [0.15, 0.2) is 65.8 Å². The van der Waals surface area contributed by atoms with E-state index in [-0.39, 0.29) is 28.4 Å². The summed E-state index contributed by atoms with van der Waals surface area (Å²) in [5.41, 5.74) is 5.40. The highest BCUT2D eigenvalue weighted by Gasteiger charge is 2.13. The predicted octanol–water partition coefficient (Wildman–Crippen LogP) is 6.08. The molecule has 4 rings (SSSR count). The largest absolute Gasteiger partial charge is 0.486 e. The topological polar surface area (TPSA) is 53.9 Å². The van der Waals surface area contributed by atoms with Gasteiger partial charge in [-0.1, -0.05) is 35.3 Å². The van der Waals surface area contributed by atoms with Crippen molar-refractivity contribution in [3.05, 3.63) is 93.2 Å². The van der Waals surface area contributed by atoms with Crippen molar-refractivity contribution in [3.8, 4) is 5.75 Å². The van der Waals surface area contributed by atoms with Crippen molar-refractivity contribution in [3.63, 3.8) is 0 Å². The monoisotopic (exact) mass is 485 g/mol. The first-order valence-electron chi connectivity index (χ1n) is 10.5. The lowest BCUT2D eigenvalue weighted by molar-refractivity contribution is 0.0955. The van der Waals surface area contributed by atoms with Gasteiger partial charge in [0.1, 0.15) is 12.4 Å². The number of nitrogens with one attached hydrogen (secondary N) is 1. The van der Waals surface area contributed by atoms with Gasteiger partial charge >= 0.3 is 0 Å². The predicted molar refractivity (Wildman–Crippen MR) is 130 cm³/mol. The number of halogens is 3. The Bertz CT molecular complexity index is 1140. The zero-order chi connectivity index (χ0) is 23.2. The Labute approximate surface area is 201 Å². The van der Waals surface area contributed by atoms with Crippen molar-refractivity contribution in [2.45, 2.75) is 19.4 Å². The first-order valence-corrected chi connectivity index (χ1v) is 11.3. The van der Waals surface area contributed by atoms with E-state index in [1.807, 2.05) is 12.1 Å².